The Labute approximate surface area is 122 Å². The third-order valence-corrected chi connectivity index (χ3v) is 3.68. The molecule has 0 fully saturated rings. The Morgan fingerprint density at radius 3 is 2.38 bits per heavy atom. The molecule has 1 aromatic carbocycles. The van der Waals surface area contributed by atoms with Crippen molar-refractivity contribution in [1.29, 1.82) is 0 Å². The lowest BCUT2D eigenvalue weighted by atomic mass is 10.0. The van der Waals surface area contributed by atoms with Crippen LogP contribution < -0.4 is 11.2 Å². The van der Waals surface area contributed by atoms with Crippen LogP contribution in [0.15, 0.2) is 34.0 Å². The fraction of sp³-hybridized carbons (Fsp3) is 0.312. The number of ketones is 1. The molecule has 0 atom stereocenters. The average Bonchev–Trinajstić information content (AvgIpc) is 2.44. The van der Waals surface area contributed by atoms with E-state index in [2.05, 4.69) is 0 Å². The van der Waals surface area contributed by atoms with E-state index in [0.29, 0.717) is 0 Å². The summed E-state index contributed by atoms with van der Waals surface area (Å²) in [6, 6.07) is 5.78. The van der Waals surface area contributed by atoms with Crippen molar-refractivity contribution in [1.82, 2.24) is 9.13 Å². The summed E-state index contributed by atoms with van der Waals surface area (Å²) in [5.41, 5.74) is 2.17. The monoisotopic (exact) mass is 286 g/mol. The fourth-order valence-electron chi connectivity index (χ4n) is 2.19. The van der Waals surface area contributed by atoms with Gasteiger partial charge in [0.1, 0.15) is 0 Å². The molecule has 0 aliphatic heterocycles. The maximum Gasteiger partial charge on any atom is 0.330 e. The minimum Gasteiger partial charge on any atom is -0.303 e. The molecule has 0 saturated carbocycles. The zero-order valence-electron chi connectivity index (χ0n) is 12.6. The minimum atomic E-state index is -0.549. The predicted octanol–water partition coefficient (Wildman–Crippen LogP) is 1.13. The highest BCUT2D eigenvalue weighted by molar-refractivity contribution is 5.96. The van der Waals surface area contributed by atoms with Crippen molar-refractivity contribution in [2.45, 2.75) is 20.3 Å². The molecule has 1 heterocycles. The Kier molecular flexibility index (Phi) is 3.93. The SMILES string of the molecule is Cc1ccc(CC(=O)c2cn(C)c(=O)n(C)c2=O)cc1C. The molecule has 0 saturated heterocycles. The van der Waals surface area contributed by atoms with Gasteiger partial charge in [-0.25, -0.2) is 4.79 Å². The van der Waals surface area contributed by atoms with E-state index in [1.165, 1.54) is 24.9 Å². The molecule has 2 rings (SSSR count). The lowest BCUT2D eigenvalue weighted by Gasteiger charge is -2.07. The van der Waals surface area contributed by atoms with Gasteiger partial charge in [0, 0.05) is 26.7 Å². The van der Waals surface area contributed by atoms with Crippen molar-refractivity contribution in [3.63, 3.8) is 0 Å². The van der Waals surface area contributed by atoms with Crippen LogP contribution in [0.4, 0.5) is 0 Å². The van der Waals surface area contributed by atoms with Crippen molar-refractivity contribution >= 4 is 5.78 Å². The second-order valence-corrected chi connectivity index (χ2v) is 5.32. The van der Waals surface area contributed by atoms with E-state index in [1.807, 2.05) is 32.0 Å². The zero-order chi connectivity index (χ0) is 15.7. The summed E-state index contributed by atoms with van der Waals surface area (Å²) in [7, 11) is 2.89. The van der Waals surface area contributed by atoms with E-state index >= 15 is 0 Å². The predicted molar refractivity (Wildman–Crippen MR) is 80.9 cm³/mol. The highest BCUT2D eigenvalue weighted by Gasteiger charge is 2.15. The summed E-state index contributed by atoms with van der Waals surface area (Å²) in [5, 5.41) is 0. The van der Waals surface area contributed by atoms with Crippen LogP contribution in [0.2, 0.25) is 0 Å². The number of hydrogen-bond acceptors (Lipinski definition) is 3. The third kappa shape index (κ3) is 2.86. The highest BCUT2D eigenvalue weighted by atomic mass is 16.2. The molecule has 110 valence electrons. The maximum absolute atomic E-state index is 12.3. The summed E-state index contributed by atoms with van der Waals surface area (Å²) < 4.78 is 2.20. The van der Waals surface area contributed by atoms with Gasteiger partial charge in [-0.05, 0) is 30.5 Å². The molecule has 5 heteroatoms. The number of carbonyl (C=O) groups excluding carboxylic acids is 1. The molecule has 5 nitrogen and oxygen atoms in total. The van der Waals surface area contributed by atoms with Gasteiger partial charge in [-0.3, -0.25) is 14.2 Å². The quantitative estimate of drug-likeness (QED) is 0.795. The Hall–Kier alpha value is -2.43. The first-order valence-electron chi connectivity index (χ1n) is 6.67. The van der Waals surface area contributed by atoms with Gasteiger partial charge in [-0.2, -0.15) is 0 Å². The molecule has 0 aliphatic carbocycles. The van der Waals surface area contributed by atoms with Gasteiger partial charge < -0.3 is 4.57 Å². The normalized spacial score (nSPS) is 10.7. The summed E-state index contributed by atoms with van der Waals surface area (Å²) >= 11 is 0. The van der Waals surface area contributed by atoms with Gasteiger partial charge in [-0.15, -0.1) is 0 Å². The van der Waals surface area contributed by atoms with Crippen molar-refractivity contribution in [2.24, 2.45) is 14.1 Å². The Morgan fingerprint density at radius 2 is 1.76 bits per heavy atom. The van der Waals surface area contributed by atoms with Crippen LogP contribution in [-0.2, 0) is 20.5 Å². The number of benzene rings is 1. The second-order valence-electron chi connectivity index (χ2n) is 5.32. The number of carbonyl (C=O) groups is 1. The minimum absolute atomic E-state index is 0.0397. The Morgan fingerprint density at radius 1 is 1.10 bits per heavy atom. The van der Waals surface area contributed by atoms with E-state index in [0.717, 1.165) is 21.3 Å². The first kappa shape index (κ1) is 15.0. The van der Waals surface area contributed by atoms with Crippen molar-refractivity contribution < 1.29 is 4.79 Å². The lowest BCUT2D eigenvalue weighted by molar-refractivity contribution is 0.0990. The van der Waals surface area contributed by atoms with E-state index < -0.39 is 11.2 Å². The van der Waals surface area contributed by atoms with Crippen LogP contribution >= 0.6 is 0 Å². The van der Waals surface area contributed by atoms with E-state index in [9.17, 15) is 14.4 Å². The molecule has 0 N–H and O–H groups in total. The Balaban J connectivity index is 2.39. The first-order valence-corrected chi connectivity index (χ1v) is 6.67. The number of Topliss-reactive ketones (excluding diaryl/α,β-unsaturated/α-hetero) is 1. The molecule has 0 bridgehead atoms. The molecular formula is C16H18N2O3. The summed E-state index contributed by atoms with van der Waals surface area (Å²) in [6.45, 7) is 3.98. The molecule has 1 aromatic heterocycles. The van der Waals surface area contributed by atoms with E-state index in [4.69, 9.17) is 0 Å². The number of hydrogen-bond donors (Lipinski definition) is 0. The Bertz CT molecular complexity index is 828. The van der Waals surface area contributed by atoms with Crippen LogP contribution in [0, 0.1) is 13.8 Å². The molecule has 0 unspecified atom stereocenters. The van der Waals surface area contributed by atoms with Crippen molar-refractivity contribution in [3.8, 4) is 0 Å². The molecule has 0 spiro atoms. The first-order chi connectivity index (χ1) is 9.81. The van der Waals surface area contributed by atoms with Crippen LogP contribution in [0.3, 0.4) is 0 Å². The second kappa shape index (κ2) is 5.52. The van der Waals surface area contributed by atoms with Gasteiger partial charge in [-0.1, -0.05) is 18.2 Å². The van der Waals surface area contributed by atoms with E-state index in [-0.39, 0.29) is 17.8 Å². The molecule has 0 radical (unpaired) electrons. The topological polar surface area (TPSA) is 61.1 Å². The third-order valence-electron chi connectivity index (χ3n) is 3.68. The molecule has 0 amide bonds. The molecule has 2 aromatic rings. The fourth-order valence-corrected chi connectivity index (χ4v) is 2.19. The van der Waals surface area contributed by atoms with Crippen LogP contribution in [0.25, 0.3) is 0 Å². The van der Waals surface area contributed by atoms with Crippen molar-refractivity contribution in [2.75, 3.05) is 0 Å². The van der Waals surface area contributed by atoms with Crippen LogP contribution in [0.1, 0.15) is 27.0 Å². The van der Waals surface area contributed by atoms with Crippen LogP contribution in [0.5, 0.6) is 0 Å². The number of aryl methyl sites for hydroxylation is 3. The number of rotatable bonds is 3. The van der Waals surface area contributed by atoms with Gasteiger partial charge in [0.05, 0.1) is 5.56 Å². The smallest absolute Gasteiger partial charge is 0.303 e. The molecule has 21 heavy (non-hydrogen) atoms. The maximum atomic E-state index is 12.3. The van der Waals surface area contributed by atoms with Crippen LogP contribution in [-0.4, -0.2) is 14.9 Å². The summed E-state index contributed by atoms with van der Waals surface area (Å²) in [5.74, 6) is -0.283. The molecule has 0 aliphatic rings. The largest absolute Gasteiger partial charge is 0.330 e. The van der Waals surface area contributed by atoms with E-state index in [1.54, 1.807) is 0 Å². The van der Waals surface area contributed by atoms with Crippen molar-refractivity contribution in [3.05, 3.63) is 67.5 Å². The van der Waals surface area contributed by atoms with Gasteiger partial charge in [0.25, 0.3) is 5.56 Å². The number of nitrogens with zero attached hydrogens (tertiary/aromatic N) is 2. The van der Waals surface area contributed by atoms with Gasteiger partial charge in [0.15, 0.2) is 5.78 Å². The number of aromatic nitrogens is 2. The lowest BCUT2D eigenvalue weighted by Crippen LogP contribution is -2.39. The van der Waals surface area contributed by atoms with Gasteiger partial charge >= 0.3 is 5.69 Å². The standard InChI is InChI=1S/C16H18N2O3/c1-10-5-6-12(7-11(10)2)8-14(19)13-9-17(3)16(21)18(4)15(13)20/h5-7,9H,8H2,1-4H3. The zero-order valence-corrected chi connectivity index (χ0v) is 12.6. The molecular weight excluding hydrogens is 268 g/mol. The highest BCUT2D eigenvalue weighted by Crippen LogP contribution is 2.11. The summed E-state index contributed by atoms with van der Waals surface area (Å²) in [4.78, 5) is 36.0. The average molecular weight is 286 g/mol. The summed E-state index contributed by atoms with van der Waals surface area (Å²) in [6.07, 6.45) is 1.46. The van der Waals surface area contributed by atoms with Gasteiger partial charge in [0.2, 0.25) is 0 Å².